The minimum atomic E-state index is -2.83. The first-order valence-electron chi connectivity index (χ1n) is 5.31. The Morgan fingerprint density at radius 1 is 1.44 bits per heavy atom. The molecule has 0 amide bonds. The van der Waals surface area contributed by atoms with Crippen LogP contribution < -0.4 is 5.32 Å². The van der Waals surface area contributed by atoms with Crippen molar-refractivity contribution in [2.45, 2.75) is 25.8 Å². The van der Waals surface area contributed by atoms with Gasteiger partial charge < -0.3 is 5.32 Å². The molecule has 0 spiro atoms. The van der Waals surface area contributed by atoms with E-state index in [4.69, 9.17) is 0 Å². The Morgan fingerprint density at radius 3 is 2.56 bits per heavy atom. The molecule has 1 atom stereocenters. The SMILES string of the molecule is CNC(CCCS(C)(=O)=O)c1cscc1C. The van der Waals surface area contributed by atoms with E-state index in [1.54, 1.807) is 11.3 Å². The fourth-order valence-corrected chi connectivity index (χ4v) is 3.33. The Balaban J connectivity index is 2.54. The summed E-state index contributed by atoms with van der Waals surface area (Å²) < 4.78 is 22.1. The van der Waals surface area contributed by atoms with Crippen LogP contribution in [0.1, 0.15) is 30.0 Å². The lowest BCUT2D eigenvalue weighted by molar-refractivity contribution is 0.535. The summed E-state index contributed by atoms with van der Waals surface area (Å²) in [5, 5.41) is 7.50. The Kier molecular flexibility index (Phi) is 4.95. The highest BCUT2D eigenvalue weighted by molar-refractivity contribution is 7.90. The van der Waals surface area contributed by atoms with Crippen LogP contribution in [0.2, 0.25) is 0 Å². The average molecular weight is 261 g/mol. The summed E-state index contributed by atoms with van der Waals surface area (Å²) in [5.41, 5.74) is 2.57. The van der Waals surface area contributed by atoms with Crippen molar-refractivity contribution in [2.75, 3.05) is 19.1 Å². The lowest BCUT2D eigenvalue weighted by Crippen LogP contribution is -2.17. The van der Waals surface area contributed by atoms with Crippen LogP contribution in [0.5, 0.6) is 0 Å². The molecule has 1 N–H and O–H groups in total. The molecule has 1 aromatic heterocycles. The highest BCUT2D eigenvalue weighted by atomic mass is 32.2. The molecular weight excluding hydrogens is 242 g/mol. The summed E-state index contributed by atoms with van der Waals surface area (Å²) in [6.07, 6.45) is 2.86. The quantitative estimate of drug-likeness (QED) is 0.853. The first-order chi connectivity index (χ1) is 7.44. The van der Waals surface area contributed by atoms with Gasteiger partial charge in [0.1, 0.15) is 9.84 Å². The van der Waals surface area contributed by atoms with Crippen molar-refractivity contribution in [3.63, 3.8) is 0 Å². The van der Waals surface area contributed by atoms with Crippen LogP contribution in [-0.4, -0.2) is 27.5 Å². The first-order valence-corrected chi connectivity index (χ1v) is 8.32. The maximum Gasteiger partial charge on any atom is 0.147 e. The van der Waals surface area contributed by atoms with Crippen LogP contribution in [0.25, 0.3) is 0 Å². The van der Waals surface area contributed by atoms with E-state index in [9.17, 15) is 8.42 Å². The lowest BCUT2D eigenvalue weighted by Gasteiger charge is -2.15. The molecule has 1 aromatic rings. The minimum Gasteiger partial charge on any atom is -0.313 e. The van der Waals surface area contributed by atoms with Gasteiger partial charge in [0.25, 0.3) is 0 Å². The van der Waals surface area contributed by atoms with Crippen molar-refractivity contribution in [3.8, 4) is 0 Å². The highest BCUT2D eigenvalue weighted by Gasteiger charge is 2.13. The number of hydrogen-bond donors (Lipinski definition) is 1. The smallest absolute Gasteiger partial charge is 0.147 e. The molecule has 0 bridgehead atoms. The lowest BCUT2D eigenvalue weighted by atomic mass is 10.0. The van der Waals surface area contributed by atoms with Gasteiger partial charge in [-0.25, -0.2) is 8.42 Å². The molecule has 1 rings (SSSR count). The molecule has 3 nitrogen and oxygen atoms in total. The summed E-state index contributed by atoms with van der Waals surface area (Å²) in [7, 11) is -0.913. The topological polar surface area (TPSA) is 46.2 Å². The highest BCUT2D eigenvalue weighted by Crippen LogP contribution is 2.25. The van der Waals surface area contributed by atoms with Gasteiger partial charge in [-0.05, 0) is 48.7 Å². The zero-order chi connectivity index (χ0) is 12.2. The molecule has 1 heterocycles. The second kappa shape index (κ2) is 5.80. The maximum atomic E-state index is 11.0. The molecule has 0 aliphatic heterocycles. The number of rotatable bonds is 6. The zero-order valence-corrected chi connectivity index (χ0v) is 11.6. The second-order valence-electron chi connectivity index (χ2n) is 4.12. The molecular formula is C11H19NO2S2. The van der Waals surface area contributed by atoms with Gasteiger partial charge in [0, 0.05) is 18.1 Å². The predicted molar refractivity (Wildman–Crippen MR) is 69.8 cm³/mol. The summed E-state index contributed by atoms with van der Waals surface area (Å²) >= 11 is 1.69. The normalized spacial score (nSPS) is 13.9. The Morgan fingerprint density at radius 2 is 2.12 bits per heavy atom. The molecule has 16 heavy (non-hydrogen) atoms. The molecule has 0 aliphatic carbocycles. The number of hydrogen-bond acceptors (Lipinski definition) is 4. The fraction of sp³-hybridized carbons (Fsp3) is 0.636. The van der Waals surface area contributed by atoms with E-state index in [1.165, 1.54) is 17.4 Å². The van der Waals surface area contributed by atoms with Crippen LogP contribution in [0.15, 0.2) is 10.8 Å². The number of thiophene rings is 1. The predicted octanol–water partition coefficient (Wildman–Crippen LogP) is 2.14. The molecule has 92 valence electrons. The minimum absolute atomic E-state index is 0.271. The number of aryl methyl sites for hydroxylation is 1. The Labute approximate surface area is 102 Å². The van der Waals surface area contributed by atoms with E-state index in [2.05, 4.69) is 23.0 Å². The van der Waals surface area contributed by atoms with E-state index < -0.39 is 9.84 Å². The Hall–Kier alpha value is -0.390. The van der Waals surface area contributed by atoms with Crippen molar-refractivity contribution >= 4 is 21.2 Å². The number of nitrogens with one attached hydrogen (secondary N) is 1. The van der Waals surface area contributed by atoms with Crippen molar-refractivity contribution in [1.82, 2.24) is 5.32 Å². The van der Waals surface area contributed by atoms with Gasteiger partial charge in [-0.1, -0.05) is 0 Å². The fourth-order valence-electron chi connectivity index (χ4n) is 1.73. The van der Waals surface area contributed by atoms with Crippen molar-refractivity contribution in [3.05, 3.63) is 21.9 Å². The van der Waals surface area contributed by atoms with E-state index in [1.807, 2.05) is 7.05 Å². The average Bonchev–Trinajstić information content (AvgIpc) is 2.58. The van der Waals surface area contributed by atoms with E-state index in [0.717, 1.165) is 6.42 Å². The van der Waals surface area contributed by atoms with Gasteiger partial charge in [0.05, 0.1) is 0 Å². The molecule has 0 radical (unpaired) electrons. The molecule has 0 saturated carbocycles. The van der Waals surface area contributed by atoms with Crippen LogP contribution in [-0.2, 0) is 9.84 Å². The molecule has 1 unspecified atom stereocenters. The maximum absolute atomic E-state index is 11.0. The summed E-state index contributed by atoms with van der Waals surface area (Å²) in [5.74, 6) is 0.272. The van der Waals surface area contributed by atoms with Crippen molar-refractivity contribution in [2.24, 2.45) is 0 Å². The third-order valence-electron chi connectivity index (χ3n) is 2.63. The standard InChI is InChI=1S/C11H19NO2S2/c1-9-7-15-8-10(9)11(12-2)5-4-6-16(3,13)14/h7-8,11-12H,4-6H2,1-3H3. The molecule has 0 aromatic carbocycles. The monoisotopic (exact) mass is 261 g/mol. The zero-order valence-electron chi connectivity index (χ0n) is 9.99. The van der Waals surface area contributed by atoms with Crippen LogP contribution >= 0.6 is 11.3 Å². The summed E-state index contributed by atoms with van der Waals surface area (Å²) in [4.78, 5) is 0. The van der Waals surface area contributed by atoms with Gasteiger partial charge in [0.2, 0.25) is 0 Å². The molecule has 0 aliphatic rings. The molecule has 0 fully saturated rings. The van der Waals surface area contributed by atoms with Crippen molar-refractivity contribution in [1.29, 1.82) is 0 Å². The van der Waals surface area contributed by atoms with Gasteiger partial charge in [-0.15, -0.1) is 0 Å². The van der Waals surface area contributed by atoms with Crippen LogP contribution in [0.4, 0.5) is 0 Å². The largest absolute Gasteiger partial charge is 0.313 e. The summed E-state index contributed by atoms with van der Waals surface area (Å²) in [6, 6.07) is 0.271. The van der Waals surface area contributed by atoms with Gasteiger partial charge in [0.15, 0.2) is 0 Å². The number of sulfone groups is 1. The Bertz CT molecular complexity index is 423. The molecule has 0 saturated heterocycles. The third-order valence-corrected chi connectivity index (χ3v) is 4.54. The van der Waals surface area contributed by atoms with E-state index >= 15 is 0 Å². The third kappa shape index (κ3) is 4.23. The van der Waals surface area contributed by atoms with Crippen molar-refractivity contribution < 1.29 is 8.42 Å². The van der Waals surface area contributed by atoms with Gasteiger partial charge in [-0.3, -0.25) is 0 Å². The molecule has 5 heteroatoms. The second-order valence-corrected chi connectivity index (χ2v) is 7.13. The van der Waals surface area contributed by atoms with E-state index in [-0.39, 0.29) is 11.8 Å². The van der Waals surface area contributed by atoms with Crippen LogP contribution in [0, 0.1) is 6.92 Å². The van der Waals surface area contributed by atoms with E-state index in [0.29, 0.717) is 6.42 Å². The van der Waals surface area contributed by atoms with Crippen LogP contribution in [0.3, 0.4) is 0 Å². The van der Waals surface area contributed by atoms with Gasteiger partial charge >= 0.3 is 0 Å². The van der Waals surface area contributed by atoms with Gasteiger partial charge in [-0.2, -0.15) is 11.3 Å². The summed E-state index contributed by atoms with van der Waals surface area (Å²) in [6.45, 7) is 2.09. The first kappa shape index (κ1) is 13.7.